The topological polar surface area (TPSA) is 67.6 Å². The summed E-state index contributed by atoms with van der Waals surface area (Å²) in [6.07, 6.45) is 2.59. The number of carbonyl (C=O) groups excluding carboxylic acids is 1. The average Bonchev–Trinajstić information content (AvgIpc) is 2.99. The SMILES string of the molecule is CCn1nc(C(C)C)cc1C(=O)N1CCC(OCCCO)CC1. The first-order valence-electron chi connectivity index (χ1n) is 8.66. The summed E-state index contributed by atoms with van der Waals surface area (Å²) >= 11 is 0. The minimum Gasteiger partial charge on any atom is -0.396 e. The van der Waals surface area contributed by atoms with Crippen LogP contribution in [-0.2, 0) is 11.3 Å². The van der Waals surface area contributed by atoms with Crippen molar-refractivity contribution in [1.29, 1.82) is 0 Å². The van der Waals surface area contributed by atoms with Crippen LogP contribution >= 0.6 is 0 Å². The molecule has 0 saturated carbocycles. The van der Waals surface area contributed by atoms with Crippen molar-refractivity contribution >= 4 is 5.91 Å². The second-order valence-corrected chi connectivity index (χ2v) is 6.36. The highest BCUT2D eigenvalue weighted by molar-refractivity contribution is 5.92. The molecule has 1 aliphatic rings. The fourth-order valence-corrected chi connectivity index (χ4v) is 2.83. The van der Waals surface area contributed by atoms with Gasteiger partial charge in [-0.25, -0.2) is 0 Å². The normalized spacial score (nSPS) is 16.3. The maximum atomic E-state index is 12.8. The van der Waals surface area contributed by atoms with E-state index >= 15 is 0 Å². The molecule has 6 nitrogen and oxygen atoms in total. The number of carbonyl (C=O) groups is 1. The van der Waals surface area contributed by atoms with Gasteiger partial charge in [-0.1, -0.05) is 13.8 Å². The molecular weight excluding hydrogens is 294 g/mol. The molecule has 1 fully saturated rings. The molecule has 1 aromatic rings. The standard InChI is InChI=1S/C17H29N3O3/c1-4-20-16(12-15(18-20)13(2)3)17(22)19-8-6-14(7-9-19)23-11-5-10-21/h12-14,21H,4-11H2,1-3H3. The van der Waals surface area contributed by atoms with E-state index in [-0.39, 0.29) is 18.6 Å². The highest BCUT2D eigenvalue weighted by Gasteiger charge is 2.26. The number of hydrogen-bond donors (Lipinski definition) is 1. The molecule has 2 rings (SSSR count). The first-order chi connectivity index (χ1) is 11.1. The molecule has 1 N–H and O–H groups in total. The second kappa shape index (κ2) is 8.45. The Hall–Kier alpha value is -1.40. The average molecular weight is 323 g/mol. The van der Waals surface area contributed by atoms with Crippen molar-refractivity contribution in [2.45, 2.75) is 58.6 Å². The van der Waals surface area contributed by atoms with Gasteiger partial charge >= 0.3 is 0 Å². The fraction of sp³-hybridized carbons (Fsp3) is 0.765. The largest absolute Gasteiger partial charge is 0.396 e. The van der Waals surface area contributed by atoms with Crippen molar-refractivity contribution in [3.63, 3.8) is 0 Å². The van der Waals surface area contributed by atoms with Crippen LogP contribution in [0.25, 0.3) is 0 Å². The highest BCUT2D eigenvalue weighted by atomic mass is 16.5. The molecule has 0 aromatic carbocycles. The van der Waals surface area contributed by atoms with Crippen molar-refractivity contribution in [2.75, 3.05) is 26.3 Å². The van der Waals surface area contributed by atoms with E-state index in [1.807, 2.05) is 22.6 Å². The van der Waals surface area contributed by atoms with Crippen LogP contribution in [0.15, 0.2) is 6.07 Å². The summed E-state index contributed by atoms with van der Waals surface area (Å²) in [6.45, 7) is 9.08. The molecule has 130 valence electrons. The second-order valence-electron chi connectivity index (χ2n) is 6.36. The maximum absolute atomic E-state index is 12.8. The van der Waals surface area contributed by atoms with E-state index in [0.717, 1.165) is 18.5 Å². The van der Waals surface area contributed by atoms with E-state index in [1.54, 1.807) is 0 Å². The third kappa shape index (κ3) is 4.54. The van der Waals surface area contributed by atoms with Gasteiger partial charge in [-0.05, 0) is 38.2 Å². The Morgan fingerprint density at radius 3 is 2.70 bits per heavy atom. The van der Waals surface area contributed by atoms with E-state index in [4.69, 9.17) is 9.84 Å². The minimum atomic E-state index is 0.0695. The lowest BCUT2D eigenvalue weighted by atomic mass is 10.1. The van der Waals surface area contributed by atoms with Gasteiger partial charge < -0.3 is 14.7 Å². The third-order valence-electron chi connectivity index (χ3n) is 4.29. The summed E-state index contributed by atoms with van der Waals surface area (Å²) in [5.41, 5.74) is 1.66. The molecule has 23 heavy (non-hydrogen) atoms. The number of amides is 1. The molecule has 1 aromatic heterocycles. The number of nitrogens with zero attached hydrogens (tertiary/aromatic N) is 3. The molecular formula is C17H29N3O3. The number of aliphatic hydroxyl groups is 1. The molecule has 1 amide bonds. The predicted molar refractivity (Wildman–Crippen MR) is 88.6 cm³/mol. The van der Waals surface area contributed by atoms with Crippen LogP contribution < -0.4 is 0 Å². The summed E-state index contributed by atoms with van der Waals surface area (Å²) in [6, 6.07) is 1.93. The van der Waals surface area contributed by atoms with Crippen molar-refractivity contribution < 1.29 is 14.6 Å². The Balaban J connectivity index is 1.94. The summed E-state index contributed by atoms with van der Waals surface area (Å²) in [4.78, 5) is 14.7. The van der Waals surface area contributed by atoms with E-state index in [2.05, 4.69) is 18.9 Å². The number of likely N-dealkylation sites (tertiary alicyclic amines) is 1. The molecule has 1 saturated heterocycles. The Labute approximate surface area is 138 Å². The minimum absolute atomic E-state index is 0.0695. The Morgan fingerprint density at radius 2 is 2.13 bits per heavy atom. The molecule has 0 radical (unpaired) electrons. The van der Waals surface area contributed by atoms with Crippen LogP contribution in [0.2, 0.25) is 0 Å². The quantitative estimate of drug-likeness (QED) is 0.780. The molecule has 6 heteroatoms. The summed E-state index contributed by atoms with van der Waals surface area (Å²) in [7, 11) is 0. The van der Waals surface area contributed by atoms with Gasteiger partial charge in [-0.15, -0.1) is 0 Å². The number of rotatable bonds is 7. The Bertz CT molecular complexity index is 505. The van der Waals surface area contributed by atoms with Crippen LogP contribution in [0.4, 0.5) is 0 Å². The predicted octanol–water partition coefficient (Wildman–Crippen LogP) is 2.03. The molecule has 0 spiro atoms. The Morgan fingerprint density at radius 1 is 1.43 bits per heavy atom. The van der Waals surface area contributed by atoms with Crippen LogP contribution in [0, 0.1) is 0 Å². The zero-order valence-corrected chi connectivity index (χ0v) is 14.5. The highest BCUT2D eigenvalue weighted by Crippen LogP contribution is 2.19. The van der Waals surface area contributed by atoms with Gasteiger partial charge in [-0.3, -0.25) is 9.48 Å². The van der Waals surface area contributed by atoms with E-state index in [0.29, 0.717) is 44.3 Å². The van der Waals surface area contributed by atoms with E-state index < -0.39 is 0 Å². The van der Waals surface area contributed by atoms with E-state index in [1.165, 1.54) is 0 Å². The summed E-state index contributed by atoms with van der Waals surface area (Å²) in [5, 5.41) is 13.3. The Kier molecular flexibility index (Phi) is 6.59. The number of aliphatic hydroxyl groups excluding tert-OH is 1. The van der Waals surface area contributed by atoms with Gasteiger partial charge in [0.1, 0.15) is 5.69 Å². The van der Waals surface area contributed by atoms with Crippen LogP contribution in [0.3, 0.4) is 0 Å². The van der Waals surface area contributed by atoms with Gasteiger partial charge in [0.15, 0.2) is 0 Å². The molecule has 2 heterocycles. The zero-order valence-electron chi connectivity index (χ0n) is 14.5. The van der Waals surface area contributed by atoms with Crippen LogP contribution in [0.5, 0.6) is 0 Å². The molecule has 0 bridgehead atoms. The van der Waals surface area contributed by atoms with Crippen molar-refractivity contribution in [3.05, 3.63) is 17.5 Å². The molecule has 0 unspecified atom stereocenters. The lowest BCUT2D eigenvalue weighted by molar-refractivity contribution is 0.00370. The van der Waals surface area contributed by atoms with Gasteiger partial charge in [0.05, 0.1) is 11.8 Å². The number of hydrogen-bond acceptors (Lipinski definition) is 4. The lowest BCUT2D eigenvalue weighted by Crippen LogP contribution is -2.41. The first-order valence-corrected chi connectivity index (χ1v) is 8.66. The van der Waals surface area contributed by atoms with Crippen molar-refractivity contribution in [1.82, 2.24) is 14.7 Å². The smallest absolute Gasteiger partial charge is 0.272 e. The van der Waals surface area contributed by atoms with Gasteiger partial charge in [0.2, 0.25) is 0 Å². The van der Waals surface area contributed by atoms with Gasteiger partial charge in [-0.2, -0.15) is 5.10 Å². The first kappa shape index (κ1) is 17.9. The third-order valence-corrected chi connectivity index (χ3v) is 4.29. The van der Waals surface area contributed by atoms with Crippen LogP contribution in [-0.4, -0.2) is 58.1 Å². The lowest BCUT2D eigenvalue weighted by Gasteiger charge is -2.32. The van der Waals surface area contributed by atoms with Gasteiger partial charge in [0.25, 0.3) is 5.91 Å². The molecule has 0 aliphatic carbocycles. The molecule has 0 atom stereocenters. The fourth-order valence-electron chi connectivity index (χ4n) is 2.83. The van der Waals surface area contributed by atoms with Crippen molar-refractivity contribution in [3.8, 4) is 0 Å². The van der Waals surface area contributed by atoms with Crippen molar-refractivity contribution in [2.24, 2.45) is 0 Å². The number of ether oxygens (including phenoxy) is 1. The number of aromatic nitrogens is 2. The zero-order chi connectivity index (χ0) is 16.8. The number of piperidine rings is 1. The maximum Gasteiger partial charge on any atom is 0.272 e. The van der Waals surface area contributed by atoms with E-state index in [9.17, 15) is 4.79 Å². The van der Waals surface area contributed by atoms with Crippen LogP contribution in [0.1, 0.15) is 62.1 Å². The molecule has 1 aliphatic heterocycles. The number of aryl methyl sites for hydroxylation is 1. The monoisotopic (exact) mass is 323 g/mol. The van der Waals surface area contributed by atoms with Gasteiger partial charge in [0, 0.05) is 32.8 Å². The summed E-state index contributed by atoms with van der Waals surface area (Å²) in [5.74, 6) is 0.389. The summed E-state index contributed by atoms with van der Waals surface area (Å²) < 4.78 is 7.53.